The predicted octanol–water partition coefficient (Wildman–Crippen LogP) is 3.77. The van der Waals surface area contributed by atoms with E-state index in [1.165, 1.54) is 0 Å². The molecule has 2 amide bonds. The number of aryl methyl sites for hydroxylation is 1. The van der Waals surface area contributed by atoms with Gasteiger partial charge in [0.1, 0.15) is 0 Å². The number of para-hydroxylation sites is 2. The number of hydrogen-bond acceptors (Lipinski definition) is 4. The minimum Gasteiger partial charge on any atom is -0.408 e. The summed E-state index contributed by atoms with van der Waals surface area (Å²) in [6.07, 6.45) is 1.21. The standard InChI is InChI=1S/C21H25N3O3/c1-21(2,3)24-20(26)27-18-7-5-4-6-17(18)23-19(25)14-8-10-15-13(12-14)9-11-16(15)22/h4-8,10,12,16H,9,11,22H2,1-3H3,(H,23,25)(H,24,26). The van der Waals surface area contributed by atoms with Gasteiger partial charge in [0.25, 0.3) is 5.91 Å². The number of hydrogen-bond donors (Lipinski definition) is 3. The van der Waals surface area contributed by atoms with E-state index in [0.29, 0.717) is 11.3 Å². The van der Waals surface area contributed by atoms with E-state index < -0.39 is 11.6 Å². The van der Waals surface area contributed by atoms with E-state index in [0.717, 1.165) is 24.0 Å². The molecule has 0 fully saturated rings. The number of benzene rings is 2. The molecular formula is C21H25N3O3. The van der Waals surface area contributed by atoms with Gasteiger partial charge in [-0.25, -0.2) is 4.79 Å². The molecule has 6 nitrogen and oxygen atoms in total. The molecule has 1 atom stereocenters. The van der Waals surface area contributed by atoms with Crippen LogP contribution in [0.25, 0.3) is 0 Å². The number of carbonyl (C=O) groups is 2. The molecule has 0 bridgehead atoms. The van der Waals surface area contributed by atoms with Gasteiger partial charge in [0, 0.05) is 17.1 Å². The van der Waals surface area contributed by atoms with Crippen molar-refractivity contribution in [3.05, 3.63) is 59.2 Å². The third kappa shape index (κ3) is 4.65. The average molecular weight is 367 g/mol. The fraction of sp³-hybridized carbons (Fsp3) is 0.333. The summed E-state index contributed by atoms with van der Waals surface area (Å²) >= 11 is 0. The van der Waals surface area contributed by atoms with Crippen LogP contribution in [0.5, 0.6) is 5.75 Å². The van der Waals surface area contributed by atoms with Crippen LogP contribution in [-0.2, 0) is 6.42 Å². The molecule has 3 rings (SSSR count). The molecular weight excluding hydrogens is 342 g/mol. The third-order valence-electron chi connectivity index (χ3n) is 4.34. The molecule has 142 valence electrons. The molecule has 2 aromatic carbocycles. The van der Waals surface area contributed by atoms with Crippen molar-refractivity contribution in [3.8, 4) is 5.75 Å². The second-order valence-corrected chi connectivity index (χ2v) is 7.77. The number of fused-ring (bicyclic) bond motifs is 1. The highest BCUT2D eigenvalue weighted by atomic mass is 16.6. The molecule has 0 saturated heterocycles. The number of anilines is 1. The number of carbonyl (C=O) groups excluding carboxylic acids is 2. The lowest BCUT2D eigenvalue weighted by Crippen LogP contribution is -2.42. The Labute approximate surface area is 159 Å². The molecule has 0 radical (unpaired) electrons. The quantitative estimate of drug-likeness (QED) is 0.770. The lowest BCUT2D eigenvalue weighted by atomic mass is 10.0. The van der Waals surface area contributed by atoms with Gasteiger partial charge in [0.15, 0.2) is 5.75 Å². The monoisotopic (exact) mass is 367 g/mol. The summed E-state index contributed by atoms with van der Waals surface area (Å²) < 4.78 is 5.37. The number of rotatable bonds is 3. The molecule has 0 aromatic heterocycles. The summed E-state index contributed by atoms with van der Waals surface area (Å²) in [6, 6.07) is 12.5. The maximum absolute atomic E-state index is 12.7. The largest absolute Gasteiger partial charge is 0.413 e. The Morgan fingerprint density at radius 2 is 1.89 bits per heavy atom. The fourth-order valence-electron chi connectivity index (χ4n) is 3.08. The van der Waals surface area contributed by atoms with Crippen molar-refractivity contribution < 1.29 is 14.3 Å². The fourth-order valence-corrected chi connectivity index (χ4v) is 3.08. The first-order valence-electron chi connectivity index (χ1n) is 9.02. The van der Waals surface area contributed by atoms with Crippen molar-refractivity contribution in [2.75, 3.05) is 5.32 Å². The lowest BCUT2D eigenvalue weighted by molar-refractivity contribution is 0.102. The maximum Gasteiger partial charge on any atom is 0.413 e. The van der Waals surface area contributed by atoms with Crippen molar-refractivity contribution in [2.24, 2.45) is 5.73 Å². The summed E-state index contributed by atoms with van der Waals surface area (Å²) in [5.74, 6) is 0.0290. The molecule has 1 aliphatic rings. The molecule has 1 unspecified atom stereocenters. The molecule has 4 N–H and O–H groups in total. The SMILES string of the molecule is CC(C)(C)NC(=O)Oc1ccccc1NC(=O)c1ccc2c(c1)CCC2N. The van der Waals surface area contributed by atoms with Gasteiger partial charge in [-0.1, -0.05) is 18.2 Å². The topological polar surface area (TPSA) is 93.5 Å². The lowest BCUT2D eigenvalue weighted by Gasteiger charge is -2.20. The van der Waals surface area contributed by atoms with Crippen LogP contribution in [0.1, 0.15) is 54.7 Å². The number of ether oxygens (including phenoxy) is 1. The van der Waals surface area contributed by atoms with Crippen molar-refractivity contribution >= 4 is 17.7 Å². The van der Waals surface area contributed by atoms with Crippen LogP contribution in [0.2, 0.25) is 0 Å². The van der Waals surface area contributed by atoms with E-state index in [2.05, 4.69) is 10.6 Å². The predicted molar refractivity (Wildman–Crippen MR) is 105 cm³/mol. The van der Waals surface area contributed by atoms with Crippen LogP contribution in [0.15, 0.2) is 42.5 Å². The van der Waals surface area contributed by atoms with Crippen molar-refractivity contribution in [1.82, 2.24) is 5.32 Å². The minimum atomic E-state index is -0.573. The Hall–Kier alpha value is -2.86. The van der Waals surface area contributed by atoms with Gasteiger partial charge in [-0.15, -0.1) is 0 Å². The van der Waals surface area contributed by atoms with Crippen molar-refractivity contribution in [2.45, 2.75) is 45.2 Å². The normalized spacial score (nSPS) is 15.8. The van der Waals surface area contributed by atoms with Gasteiger partial charge in [-0.2, -0.15) is 0 Å². The van der Waals surface area contributed by atoms with Crippen LogP contribution in [-0.4, -0.2) is 17.5 Å². The second kappa shape index (κ2) is 7.40. The second-order valence-electron chi connectivity index (χ2n) is 7.77. The average Bonchev–Trinajstić information content (AvgIpc) is 2.95. The van der Waals surface area contributed by atoms with Gasteiger partial charge in [0.2, 0.25) is 0 Å². The summed E-state index contributed by atoms with van der Waals surface area (Å²) in [5.41, 5.74) is 8.84. The summed E-state index contributed by atoms with van der Waals surface area (Å²) in [5, 5.41) is 5.55. The zero-order valence-electron chi connectivity index (χ0n) is 15.8. The highest BCUT2D eigenvalue weighted by Gasteiger charge is 2.21. The summed E-state index contributed by atoms with van der Waals surface area (Å²) in [4.78, 5) is 24.7. The highest BCUT2D eigenvalue weighted by Crippen LogP contribution is 2.30. The first kappa shape index (κ1) is 18.9. The van der Waals surface area contributed by atoms with Gasteiger partial charge >= 0.3 is 6.09 Å². The molecule has 0 aliphatic heterocycles. The Bertz CT molecular complexity index is 871. The van der Waals surface area contributed by atoms with Crippen LogP contribution in [0, 0.1) is 0 Å². The van der Waals surface area contributed by atoms with E-state index in [-0.39, 0.29) is 17.7 Å². The minimum absolute atomic E-state index is 0.0487. The van der Waals surface area contributed by atoms with Crippen molar-refractivity contribution in [1.29, 1.82) is 0 Å². The smallest absolute Gasteiger partial charge is 0.408 e. The number of nitrogens with one attached hydrogen (secondary N) is 2. The Morgan fingerprint density at radius 3 is 2.63 bits per heavy atom. The van der Waals surface area contributed by atoms with Gasteiger partial charge in [0.05, 0.1) is 5.69 Å². The Kier molecular flexibility index (Phi) is 5.19. The summed E-state index contributed by atoms with van der Waals surface area (Å²) in [7, 11) is 0. The molecule has 27 heavy (non-hydrogen) atoms. The van der Waals surface area contributed by atoms with E-state index in [1.807, 2.05) is 32.9 Å². The third-order valence-corrected chi connectivity index (χ3v) is 4.34. The van der Waals surface area contributed by atoms with E-state index in [1.54, 1.807) is 30.3 Å². The Morgan fingerprint density at radius 1 is 1.15 bits per heavy atom. The maximum atomic E-state index is 12.7. The first-order valence-corrected chi connectivity index (χ1v) is 9.02. The van der Waals surface area contributed by atoms with E-state index in [4.69, 9.17) is 10.5 Å². The molecule has 0 heterocycles. The summed E-state index contributed by atoms with van der Waals surface area (Å²) in [6.45, 7) is 5.59. The van der Waals surface area contributed by atoms with E-state index >= 15 is 0 Å². The van der Waals surface area contributed by atoms with Crippen LogP contribution in [0.3, 0.4) is 0 Å². The first-order chi connectivity index (χ1) is 12.7. The zero-order valence-corrected chi connectivity index (χ0v) is 15.8. The van der Waals surface area contributed by atoms with Gasteiger partial charge < -0.3 is 21.1 Å². The van der Waals surface area contributed by atoms with Crippen LogP contribution < -0.4 is 21.1 Å². The van der Waals surface area contributed by atoms with E-state index in [9.17, 15) is 9.59 Å². The molecule has 0 saturated carbocycles. The van der Waals surface area contributed by atoms with Crippen LogP contribution in [0.4, 0.5) is 10.5 Å². The van der Waals surface area contributed by atoms with Crippen LogP contribution >= 0.6 is 0 Å². The molecule has 0 spiro atoms. The van der Waals surface area contributed by atoms with Gasteiger partial charge in [-0.3, -0.25) is 4.79 Å². The number of amides is 2. The van der Waals surface area contributed by atoms with Crippen molar-refractivity contribution in [3.63, 3.8) is 0 Å². The molecule has 2 aromatic rings. The molecule has 6 heteroatoms. The zero-order chi connectivity index (χ0) is 19.6. The van der Waals surface area contributed by atoms with Gasteiger partial charge in [-0.05, 0) is 69.0 Å². The Balaban J connectivity index is 1.74. The highest BCUT2D eigenvalue weighted by molar-refractivity contribution is 6.05. The number of nitrogens with two attached hydrogens (primary N) is 1. The molecule has 1 aliphatic carbocycles.